The fourth-order valence-corrected chi connectivity index (χ4v) is 6.25. The van der Waals surface area contributed by atoms with Gasteiger partial charge in [0, 0.05) is 7.05 Å². The second-order valence-electron chi connectivity index (χ2n) is 7.72. The number of guanidine groups is 1. The monoisotopic (exact) mass is 620 g/mol. The molecule has 0 aromatic carbocycles. The van der Waals surface area contributed by atoms with Crippen LogP contribution in [0.5, 0.6) is 0 Å². The van der Waals surface area contributed by atoms with Crippen molar-refractivity contribution in [3.8, 4) is 0 Å². The Bertz CT molecular complexity index is 1380. The SMILES string of the molecule is CN(CC(=O)O[C@H]1[C@@H](O)[C@H](n2cnc3c(N)ncnc32)O[C@@H]1COP(=O)(O)OP(=O)(O)OP(=O)(O)O)C(=N)N. The molecular formula is C14H23N8O14P3. The number of fused-ring (bicyclic) bond motifs is 1. The van der Waals surface area contributed by atoms with Crippen LogP contribution in [-0.4, -0.2) is 99.5 Å². The highest BCUT2D eigenvalue weighted by Gasteiger charge is 2.49. The van der Waals surface area contributed by atoms with Crippen molar-refractivity contribution in [3.63, 3.8) is 0 Å². The molecule has 218 valence electrons. The van der Waals surface area contributed by atoms with E-state index in [1.165, 1.54) is 11.6 Å². The summed E-state index contributed by atoms with van der Waals surface area (Å²) in [6.45, 7) is -1.61. The van der Waals surface area contributed by atoms with Gasteiger partial charge in [0.2, 0.25) is 0 Å². The molecule has 0 spiro atoms. The Balaban J connectivity index is 1.83. The predicted molar refractivity (Wildman–Crippen MR) is 124 cm³/mol. The van der Waals surface area contributed by atoms with Gasteiger partial charge < -0.3 is 50.5 Å². The Morgan fingerprint density at radius 2 is 1.85 bits per heavy atom. The molecule has 25 heteroatoms. The zero-order chi connectivity index (χ0) is 29.3. The molecule has 0 amide bonds. The van der Waals surface area contributed by atoms with Crippen LogP contribution in [0.25, 0.3) is 11.2 Å². The van der Waals surface area contributed by atoms with Gasteiger partial charge in [0.05, 0.1) is 12.9 Å². The molecule has 39 heavy (non-hydrogen) atoms. The summed E-state index contributed by atoms with van der Waals surface area (Å²) in [4.78, 5) is 61.5. The van der Waals surface area contributed by atoms with Crippen LogP contribution in [0.1, 0.15) is 6.23 Å². The number of anilines is 1. The number of rotatable bonds is 11. The summed E-state index contributed by atoms with van der Waals surface area (Å²) in [6.07, 6.45) is -4.07. The molecular weight excluding hydrogens is 597 g/mol. The standard InChI is InChI=1S/C14H23N8O14P3/c1-21(14(16)17)2-7(23)34-10-6(3-32-38(28,29)36-39(30,31)35-37(25,26)27)33-13(9(10)24)22-5-20-8-11(15)18-4-19-12(8)22/h4-6,9-10,13,24H,2-3H2,1H3,(H3,16,17)(H,28,29)(H,30,31)(H2,15,18,19)(H2,25,26,27)/t6-,9-,10-,13-/m1/s1. The van der Waals surface area contributed by atoms with Gasteiger partial charge in [0.1, 0.15) is 30.6 Å². The third-order valence-electron chi connectivity index (χ3n) is 4.83. The second kappa shape index (κ2) is 11.5. The van der Waals surface area contributed by atoms with E-state index in [0.717, 1.165) is 17.6 Å². The first-order valence-electron chi connectivity index (χ1n) is 10.2. The average Bonchev–Trinajstić information content (AvgIpc) is 3.32. The van der Waals surface area contributed by atoms with Gasteiger partial charge >= 0.3 is 29.4 Å². The Hall–Kier alpha value is -2.58. The lowest BCUT2D eigenvalue weighted by atomic mass is 10.1. The van der Waals surface area contributed by atoms with E-state index in [-0.39, 0.29) is 17.0 Å². The number of esters is 1. The molecule has 0 saturated carbocycles. The number of phosphoric ester groups is 1. The van der Waals surface area contributed by atoms with Crippen molar-refractivity contribution < 1.29 is 65.8 Å². The Morgan fingerprint density at radius 3 is 2.46 bits per heavy atom. The molecule has 3 heterocycles. The quantitative estimate of drug-likeness (QED) is 0.0569. The number of carbonyl (C=O) groups excluding carboxylic acids is 1. The number of nitrogens with two attached hydrogens (primary N) is 2. The van der Waals surface area contributed by atoms with E-state index in [4.69, 9.17) is 36.1 Å². The first kappa shape index (κ1) is 31.0. The smallest absolute Gasteiger partial charge is 0.455 e. The minimum Gasteiger partial charge on any atom is -0.455 e. The van der Waals surface area contributed by atoms with Gasteiger partial charge in [-0.05, 0) is 0 Å². The Kier molecular flexibility index (Phi) is 9.12. The van der Waals surface area contributed by atoms with Gasteiger partial charge in [-0.1, -0.05) is 0 Å². The lowest BCUT2D eigenvalue weighted by molar-refractivity contribution is -0.156. The van der Waals surface area contributed by atoms with Crippen molar-refractivity contribution in [2.75, 3.05) is 25.9 Å². The predicted octanol–water partition coefficient (Wildman–Crippen LogP) is -2.25. The molecule has 0 aliphatic carbocycles. The summed E-state index contributed by atoms with van der Waals surface area (Å²) in [5.74, 6) is -1.52. The average molecular weight is 620 g/mol. The summed E-state index contributed by atoms with van der Waals surface area (Å²) in [5, 5.41) is 18.3. The van der Waals surface area contributed by atoms with Gasteiger partial charge in [0.25, 0.3) is 0 Å². The Labute approximate surface area is 217 Å². The minimum absolute atomic E-state index is 0.00862. The van der Waals surface area contributed by atoms with Crippen molar-refractivity contribution in [1.29, 1.82) is 5.41 Å². The minimum atomic E-state index is -5.81. The van der Waals surface area contributed by atoms with Crippen LogP contribution in [0.15, 0.2) is 12.7 Å². The summed E-state index contributed by atoms with van der Waals surface area (Å²) in [7, 11) is -15.7. The first-order valence-corrected chi connectivity index (χ1v) is 14.7. The zero-order valence-electron chi connectivity index (χ0n) is 19.5. The van der Waals surface area contributed by atoms with Crippen LogP contribution in [-0.2, 0) is 41.1 Å². The van der Waals surface area contributed by atoms with E-state index in [1.54, 1.807) is 0 Å². The third-order valence-corrected chi connectivity index (χ3v) is 8.64. The van der Waals surface area contributed by atoms with Crippen LogP contribution in [0.4, 0.5) is 5.82 Å². The number of ether oxygens (including phenoxy) is 2. The Morgan fingerprint density at radius 1 is 1.18 bits per heavy atom. The largest absolute Gasteiger partial charge is 0.490 e. The number of nitrogen functional groups attached to an aromatic ring is 1. The summed E-state index contributed by atoms with van der Waals surface area (Å²) < 4.78 is 58.4. The van der Waals surface area contributed by atoms with Crippen molar-refractivity contribution in [3.05, 3.63) is 12.7 Å². The molecule has 0 bridgehead atoms. The molecule has 2 unspecified atom stereocenters. The van der Waals surface area contributed by atoms with Gasteiger partial charge in [-0.15, -0.1) is 0 Å². The van der Waals surface area contributed by atoms with E-state index in [9.17, 15) is 33.4 Å². The molecule has 1 aliphatic heterocycles. The molecule has 2 aromatic rings. The van der Waals surface area contributed by atoms with Crippen molar-refractivity contribution >= 4 is 52.4 Å². The number of aliphatic hydroxyl groups excluding tert-OH is 1. The number of aromatic nitrogens is 4. The number of hydrogen-bond donors (Lipinski definition) is 8. The number of imidazole rings is 1. The zero-order valence-corrected chi connectivity index (χ0v) is 22.2. The molecule has 2 aromatic heterocycles. The highest BCUT2D eigenvalue weighted by atomic mass is 31.3. The highest BCUT2D eigenvalue weighted by Crippen LogP contribution is 2.66. The third kappa shape index (κ3) is 7.98. The number of carbonyl (C=O) groups is 1. The molecule has 6 atom stereocenters. The van der Waals surface area contributed by atoms with E-state index in [2.05, 4.69) is 28.1 Å². The number of hydrogen-bond acceptors (Lipinski definition) is 15. The lowest BCUT2D eigenvalue weighted by Gasteiger charge is -2.23. The lowest BCUT2D eigenvalue weighted by Crippen LogP contribution is -2.42. The first-order chi connectivity index (χ1) is 17.9. The fourth-order valence-electron chi connectivity index (χ4n) is 3.22. The number of phosphoric acid groups is 3. The van der Waals surface area contributed by atoms with Gasteiger partial charge in [0.15, 0.2) is 29.8 Å². The number of aliphatic hydroxyl groups is 1. The number of nitrogens with one attached hydrogen (secondary N) is 1. The summed E-state index contributed by atoms with van der Waals surface area (Å²) >= 11 is 0. The molecule has 1 aliphatic rings. The molecule has 1 saturated heterocycles. The van der Waals surface area contributed by atoms with Crippen molar-refractivity contribution in [2.45, 2.75) is 24.5 Å². The molecule has 1 fully saturated rings. The molecule has 22 nitrogen and oxygen atoms in total. The molecule has 0 radical (unpaired) electrons. The van der Waals surface area contributed by atoms with Gasteiger partial charge in [-0.2, -0.15) is 8.62 Å². The van der Waals surface area contributed by atoms with Crippen LogP contribution in [0.2, 0.25) is 0 Å². The fraction of sp³-hybridized carbons (Fsp3) is 0.500. The summed E-state index contributed by atoms with van der Waals surface area (Å²) in [6, 6.07) is 0. The highest BCUT2D eigenvalue weighted by molar-refractivity contribution is 7.66. The van der Waals surface area contributed by atoms with Gasteiger partial charge in [-0.3, -0.25) is 19.3 Å². The maximum absolute atomic E-state index is 12.4. The topological polar surface area (TPSA) is 338 Å². The van der Waals surface area contributed by atoms with Crippen LogP contribution in [0, 0.1) is 5.41 Å². The molecule has 10 N–H and O–H groups in total. The maximum atomic E-state index is 12.4. The van der Waals surface area contributed by atoms with Gasteiger partial charge in [-0.25, -0.2) is 28.6 Å². The van der Waals surface area contributed by atoms with Crippen LogP contribution >= 0.6 is 23.5 Å². The van der Waals surface area contributed by atoms with Crippen LogP contribution < -0.4 is 11.5 Å². The normalized spacial score (nSPS) is 24.7. The van der Waals surface area contributed by atoms with E-state index in [0.29, 0.717) is 0 Å². The van der Waals surface area contributed by atoms with E-state index in [1.807, 2.05) is 0 Å². The van der Waals surface area contributed by atoms with E-state index >= 15 is 0 Å². The number of likely N-dealkylation sites (N-methyl/N-ethyl adjacent to an activating group) is 1. The van der Waals surface area contributed by atoms with Crippen molar-refractivity contribution in [1.82, 2.24) is 24.4 Å². The molecule has 3 rings (SSSR count). The second-order valence-corrected chi connectivity index (χ2v) is 12.1. The summed E-state index contributed by atoms with van der Waals surface area (Å²) in [5.41, 5.74) is 11.2. The van der Waals surface area contributed by atoms with E-state index < -0.39 is 73.1 Å². The maximum Gasteiger partial charge on any atom is 0.490 e. The number of nitrogens with zero attached hydrogens (tertiary/aromatic N) is 5. The van der Waals surface area contributed by atoms with Crippen LogP contribution in [0.3, 0.4) is 0 Å². The van der Waals surface area contributed by atoms with Crippen molar-refractivity contribution in [2.24, 2.45) is 5.73 Å².